The Morgan fingerprint density at radius 2 is 1.10 bits per heavy atom. The molecule has 0 aromatic heterocycles. The van der Waals surface area contributed by atoms with Gasteiger partial charge in [-0.3, -0.25) is 76.7 Å². The minimum absolute atomic E-state index is 0.0151. The van der Waals surface area contributed by atoms with Crippen LogP contribution in [0, 0.1) is 70.0 Å². The summed E-state index contributed by atoms with van der Waals surface area (Å²) in [6.07, 6.45) is 4.89. The van der Waals surface area contributed by atoms with E-state index in [-0.39, 0.29) is 98.6 Å². The SMILES string of the molecule is CC=CC[C@@H](C)[C@@H](OC(=O)OCOC(=O)[C@H](N)COC(=O)CCC(=O)OCC(=O)[C@@]1(O)CCC2C3CCC4=CC(=O)C=C[C@]4(C)C3[C@@H](O)C[C@@]21C)C1C(=O)NC(CC)C(=O)N(C)CC(=O)N(C)[C@@H](CC(C)C)C(=O)NC(C(C)C)C(=O)N(C)C(CC(C)C)C(=O)NC(C)C(=O)NC(C)C(=O)N(C)C(CC(C)C)C(=O)N(C)C(CC(C)C)C(=O)N(C)C(C(C)C)C(=O)N1C. The van der Waals surface area contributed by atoms with Crippen molar-refractivity contribution >= 4 is 101 Å². The first-order chi connectivity index (χ1) is 59.5. The Morgan fingerprint density at radius 3 is 1.65 bits per heavy atom. The van der Waals surface area contributed by atoms with Crippen molar-refractivity contribution in [2.75, 3.05) is 75.9 Å². The molecule has 0 aromatic rings. The third kappa shape index (κ3) is 26.8. The van der Waals surface area contributed by atoms with Crippen molar-refractivity contribution in [3.8, 4) is 0 Å². The second-order valence-corrected chi connectivity index (χ2v) is 38.6. The summed E-state index contributed by atoms with van der Waals surface area (Å²) in [7, 11) is 9.37. The molecule has 12 unspecified atom stereocenters. The van der Waals surface area contributed by atoms with E-state index in [4.69, 9.17) is 29.4 Å². The predicted octanol–water partition coefficient (Wildman–Crippen LogP) is 4.70. The van der Waals surface area contributed by atoms with Gasteiger partial charge in [0.2, 0.25) is 77.6 Å². The van der Waals surface area contributed by atoms with Crippen molar-refractivity contribution in [1.82, 2.24) is 55.6 Å². The van der Waals surface area contributed by atoms with E-state index in [1.165, 1.54) is 84.0 Å². The van der Waals surface area contributed by atoms with E-state index in [0.717, 1.165) is 25.2 Å². The van der Waals surface area contributed by atoms with Crippen molar-refractivity contribution in [3.63, 3.8) is 0 Å². The molecule has 0 aromatic carbocycles. The van der Waals surface area contributed by atoms with Crippen molar-refractivity contribution in [3.05, 3.63) is 36.0 Å². The minimum atomic E-state index is -1.96. The Morgan fingerprint density at radius 1 is 0.586 bits per heavy atom. The number of aliphatic hydroxyl groups is 2. The normalized spacial score (nSPS) is 29.7. The van der Waals surface area contributed by atoms with Crippen LogP contribution in [-0.4, -0.2) is 305 Å². The largest absolute Gasteiger partial charge is 0.511 e. The molecule has 720 valence electrons. The Balaban J connectivity index is 1.45. The smallest absolute Gasteiger partial charge is 0.463 e. The number of esters is 3. The van der Waals surface area contributed by atoms with E-state index >= 15 is 19.2 Å². The Hall–Kier alpha value is -9.71. The van der Waals surface area contributed by atoms with E-state index in [1.807, 2.05) is 68.4 Å². The lowest BCUT2D eigenvalue weighted by molar-refractivity contribution is -0.181. The fraction of sp³-hybridized carbons (Fsp3) is 0.750. The minimum Gasteiger partial charge on any atom is -0.463 e. The first-order valence-corrected chi connectivity index (χ1v) is 45.1. The van der Waals surface area contributed by atoms with Crippen LogP contribution in [0.25, 0.3) is 0 Å². The van der Waals surface area contributed by atoms with E-state index < -0.39 is 247 Å². The molecule has 4 aliphatic carbocycles. The highest BCUT2D eigenvalue weighted by Gasteiger charge is 2.68. The fourth-order valence-electron chi connectivity index (χ4n) is 18.9. The molecular weight excluding hydrogens is 1660 g/mol. The summed E-state index contributed by atoms with van der Waals surface area (Å²) in [6.45, 7) is 29.0. The van der Waals surface area contributed by atoms with Crippen LogP contribution in [0.1, 0.15) is 215 Å². The van der Waals surface area contributed by atoms with Gasteiger partial charge in [-0.15, -0.1) is 0 Å². The number of carbonyl (C=O) groups excluding carboxylic acids is 17. The monoisotopic (exact) mass is 1810 g/mol. The number of allylic oxidation sites excluding steroid dienone is 6. The van der Waals surface area contributed by atoms with Gasteiger partial charge in [-0.25, -0.2) is 4.79 Å². The number of carbonyl (C=O) groups is 17. The van der Waals surface area contributed by atoms with Gasteiger partial charge in [0.15, 0.2) is 12.4 Å². The number of hydrogen-bond donors (Lipinski definition) is 7. The standard InChI is InChI=1S/C92H148N12O24/c1-27-29-30-55(15)77(128-89(122)127-48-126-88(121)62(93)46-124-71(109)33-34-72(110)125-47-69(107)92(123)38-36-61-60-32-31-58-43-59(105)35-37-90(58,18)73(60)68(106)44-91(61,92)19)76-81(114)96-63(28-2)83(116)98(20)45-70(108)99(21)64(39-49(3)4)80(113)97-74(53(11)12)86(119)100(22)65(40-50(5)6)79(112)94-56(16)78(111)95-57(17)82(115)101(23)66(41-51(7)8)84(117)102(24)67(42-52(9)10)85(118)103(25)75(54(13)14)87(120)104(76)26/h27,29,35,37,43,49-57,60-68,73-77,106,123H,28,30-34,36,38-42,44-48,93H2,1-26H3,(H,94,112)(H,95,111)(H,96,114)(H,97,113)/t55-,56?,57?,60?,61?,62-,63?,64+,65?,66?,67?,68+,73?,74?,75?,76?,77-,90+,91+,92+/m1/s1. The van der Waals surface area contributed by atoms with E-state index in [2.05, 4.69) is 21.3 Å². The van der Waals surface area contributed by atoms with Gasteiger partial charge in [0.25, 0.3) is 0 Å². The van der Waals surface area contributed by atoms with Crippen LogP contribution in [-0.2, 0) is 100 Å². The van der Waals surface area contributed by atoms with Gasteiger partial charge in [-0.2, -0.15) is 0 Å². The van der Waals surface area contributed by atoms with Gasteiger partial charge in [0.1, 0.15) is 84.8 Å². The maximum absolute atomic E-state index is 15.9. The summed E-state index contributed by atoms with van der Waals surface area (Å²) in [4.78, 5) is 252. The Bertz CT molecular complexity index is 4110. The molecule has 5 aliphatic rings. The number of fused-ring (bicyclic) bond motifs is 5. The third-order valence-electron chi connectivity index (χ3n) is 26.4. The molecule has 1 aliphatic heterocycles. The quantitative estimate of drug-likeness (QED) is 0.0253. The average Bonchev–Trinajstić information content (AvgIpc) is 1.36. The van der Waals surface area contributed by atoms with Crippen LogP contribution in [0.5, 0.6) is 0 Å². The number of ether oxygens (including phenoxy) is 5. The maximum Gasteiger partial charge on any atom is 0.511 e. The first-order valence-electron chi connectivity index (χ1n) is 45.1. The van der Waals surface area contributed by atoms with Gasteiger partial charge in [0.05, 0.1) is 25.5 Å². The van der Waals surface area contributed by atoms with Gasteiger partial charge in [-0.05, 0) is 157 Å². The first kappa shape index (κ1) is 109. The van der Waals surface area contributed by atoms with Crippen LogP contribution < -0.4 is 27.0 Å². The lowest BCUT2D eigenvalue weighted by atomic mass is 9.46. The summed E-state index contributed by atoms with van der Waals surface area (Å²) in [5.41, 5.74) is 3.39. The molecule has 0 bridgehead atoms. The molecule has 128 heavy (non-hydrogen) atoms. The van der Waals surface area contributed by atoms with Crippen LogP contribution in [0.15, 0.2) is 36.0 Å². The highest BCUT2D eigenvalue weighted by molar-refractivity contribution is 6.02. The van der Waals surface area contributed by atoms with Crippen molar-refractivity contribution in [1.29, 1.82) is 0 Å². The summed E-state index contributed by atoms with van der Waals surface area (Å²) >= 11 is 0. The molecule has 11 amide bonds. The van der Waals surface area contributed by atoms with Gasteiger partial charge in [0, 0.05) is 66.1 Å². The molecule has 20 atom stereocenters. The zero-order chi connectivity index (χ0) is 97.1. The average molecular weight is 1810 g/mol. The number of hydrogen-bond acceptors (Lipinski definition) is 25. The molecule has 4 fully saturated rings. The molecule has 3 saturated carbocycles. The lowest BCUT2D eigenvalue weighted by Crippen LogP contribution is -2.64. The molecular formula is C92H148N12O24. The van der Waals surface area contributed by atoms with Crippen LogP contribution in [0.4, 0.5) is 4.79 Å². The molecule has 0 radical (unpaired) electrons. The molecule has 1 heterocycles. The van der Waals surface area contributed by atoms with Crippen LogP contribution in [0.2, 0.25) is 0 Å². The zero-order valence-corrected chi connectivity index (χ0v) is 80.3. The molecule has 1 saturated heterocycles. The van der Waals surface area contributed by atoms with E-state index in [0.29, 0.717) is 19.3 Å². The fourth-order valence-corrected chi connectivity index (χ4v) is 18.9. The summed E-state index contributed by atoms with van der Waals surface area (Å²) in [5.74, 6) is -16.7. The van der Waals surface area contributed by atoms with Crippen LogP contribution >= 0.6 is 0 Å². The van der Waals surface area contributed by atoms with Crippen LogP contribution in [0.3, 0.4) is 0 Å². The highest BCUT2D eigenvalue weighted by atomic mass is 16.8. The predicted molar refractivity (Wildman–Crippen MR) is 472 cm³/mol. The molecule has 36 nitrogen and oxygen atoms in total. The third-order valence-corrected chi connectivity index (χ3v) is 26.4. The van der Waals surface area contributed by atoms with Gasteiger partial charge in [-0.1, -0.05) is 135 Å². The molecule has 0 spiro atoms. The molecule has 8 N–H and O–H groups in total. The summed E-state index contributed by atoms with van der Waals surface area (Å²) in [6, 6.07) is -15.6. The van der Waals surface area contributed by atoms with Crippen molar-refractivity contribution in [2.45, 2.75) is 299 Å². The maximum atomic E-state index is 15.9. The van der Waals surface area contributed by atoms with Gasteiger partial charge >= 0.3 is 24.1 Å². The number of ketones is 2. The second kappa shape index (κ2) is 47.2. The summed E-state index contributed by atoms with van der Waals surface area (Å²) < 4.78 is 26.9. The number of nitrogens with zero attached hydrogens (tertiary/aromatic N) is 7. The number of rotatable bonds is 27. The molecule has 36 heteroatoms. The Labute approximate surface area is 755 Å². The molecule has 5 rings (SSSR count). The second-order valence-electron chi connectivity index (χ2n) is 38.6. The number of likely N-dealkylation sites (N-methyl/N-ethyl adjacent to an activating group) is 7. The lowest BCUT2D eigenvalue weighted by Gasteiger charge is -2.59. The number of nitrogens with two attached hydrogens (primary N) is 1. The highest BCUT2D eigenvalue weighted by Crippen LogP contribution is 2.67. The number of aliphatic hydroxyl groups excluding tert-OH is 1. The van der Waals surface area contributed by atoms with E-state index in [1.54, 1.807) is 73.6 Å². The topological polar surface area (TPSA) is 474 Å². The van der Waals surface area contributed by atoms with Crippen molar-refractivity contribution < 1.29 is 115 Å². The Kier molecular flexibility index (Phi) is 40.1. The van der Waals surface area contributed by atoms with Gasteiger partial charge < -0.3 is 95.2 Å². The number of Topliss-reactive ketones (excluding diaryl/α,β-unsaturated/α-hetero) is 1. The number of amides is 11. The number of nitrogens with one attached hydrogen (secondary N) is 4. The van der Waals surface area contributed by atoms with E-state index in [9.17, 15) is 72.5 Å². The summed E-state index contributed by atoms with van der Waals surface area (Å²) in [5, 5.41) is 34.8. The van der Waals surface area contributed by atoms with Crippen molar-refractivity contribution in [2.24, 2.45) is 75.7 Å². The zero-order valence-electron chi connectivity index (χ0n) is 80.3.